The van der Waals surface area contributed by atoms with E-state index < -0.39 is 60.3 Å². The van der Waals surface area contributed by atoms with Crippen molar-refractivity contribution in [3.05, 3.63) is 76.6 Å². The third-order valence-corrected chi connectivity index (χ3v) is 7.90. The molecule has 0 saturated carbocycles. The molecule has 10 nitrogen and oxygen atoms in total. The first-order valence-electron chi connectivity index (χ1n) is 12.4. The van der Waals surface area contributed by atoms with Gasteiger partial charge in [0.05, 0.1) is 28.0 Å². The summed E-state index contributed by atoms with van der Waals surface area (Å²) in [7, 11) is 0. The van der Waals surface area contributed by atoms with E-state index in [1.165, 1.54) is 34.5 Å². The normalized spacial score (nSPS) is 23.0. The highest BCUT2D eigenvalue weighted by Gasteiger charge is 2.48. The summed E-state index contributed by atoms with van der Waals surface area (Å²) in [4.78, 5) is 8.66. The van der Waals surface area contributed by atoms with E-state index in [0.29, 0.717) is 15.2 Å². The molecule has 3 N–H and O–H groups in total. The summed E-state index contributed by atoms with van der Waals surface area (Å²) in [6.45, 7) is 2.67. The number of aliphatic hydroxyl groups is 3. The van der Waals surface area contributed by atoms with Crippen LogP contribution in [0.15, 0.2) is 36.7 Å². The van der Waals surface area contributed by atoms with E-state index in [0.717, 1.165) is 16.8 Å². The lowest BCUT2D eigenvalue weighted by atomic mass is 9.92. The summed E-state index contributed by atoms with van der Waals surface area (Å²) >= 11 is 1.17. The summed E-state index contributed by atoms with van der Waals surface area (Å²) in [5, 5.41) is 41.6. The fraction of sp³-hybridized carbons (Fsp3) is 0.308. The quantitative estimate of drug-likeness (QED) is 0.210. The van der Waals surface area contributed by atoms with Gasteiger partial charge in [-0.2, -0.15) is 10.2 Å². The van der Waals surface area contributed by atoms with Crippen LogP contribution in [-0.2, 0) is 4.74 Å². The Hall–Kier alpha value is -3.76. The van der Waals surface area contributed by atoms with Gasteiger partial charge < -0.3 is 20.1 Å². The molecule has 15 heteroatoms. The Morgan fingerprint density at radius 2 is 1.71 bits per heavy atom. The lowest BCUT2D eigenvalue weighted by Gasteiger charge is -2.41. The highest BCUT2D eigenvalue weighted by Crippen LogP contribution is 2.39. The molecule has 214 valence electrons. The van der Waals surface area contributed by atoms with E-state index in [-0.39, 0.29) is 28.5 Å². The molecule has 0 radical (unpaired) electrons. The number of benzene rings is 2. The maximum atomic E-state index is 15.6. The summed E-state index contributed by atoms with van der Waals surface area (Å²) in [6.07, 6.45) is -3.10. The number of hydrogen-bond donors (Lipinski definition) is 3. The van der Waals surface area contributed by atoms with E-state index in [4.69, 9.17) is 4.74 Å². The van der Waals surface area contributed by atoms with Crippen LogP contribution in [0, 0.1) is 37.1 Å². The van der Waals surface area contributed by atoms with Gasteiger partial charge in [-0.15, -0.1) is 11.3 Å². The van der Waals surface area contributed by atoms with Gasteiger partial charge in [-0.3, -0.25) is 4.68 Å². The second kappa shape index (κ2) is 10.3. The molecule has 0 amide bonds. The lowest BCUT2D eigenvalue weighted by Crippen LogP contribution is -2.53. The minimum absolute atomic E-state index is 0.0000986. The van der Waals surface area contributed by atoms with E-state index >= 15 is 4.39 Å². The van der Waals surface area contributed by atoms with Crippen molar-refractivity contribution >= 4 is 21.6 Å². The van der Waals surface area contributed by atoms with Crippen LogP contribution in [0.1, 0.15) is 28.8 Å². The Morgan fingerprint density at radius 1 is 0.976 bits per heavy atom. The Balaban J connectivity index is 1.41. The van der Waals surface area contributed by atoms with Gasteiger partial charge in [0.25, 0.3) is 0 Å². The number of halogens is 4. The van der Waals surface area contributed by atoms with Crippen molar-refractivity contribution < 1.29 is 37.6 Å². The Kier molecular flexibility index (Phi) is 6.86. The number of hydrogen-bond acceptors (Lipinski definition) is 9. The zero-order valence-electron chi connectivity index (χ0n) is 21.4. The topological polar surface area (TPSA) is 131 Å². The minimum atomic E-state index is -1.62. The van der Waals surface area contributed by atoms with E-state index in [1.807, 2.05) is 0 Å². The van der Waals surface area contributed by atoms with Gasteiger partial charge in [-0.25, -0.2) is 32.2 Å². The van der Waals surface area contributed by atoms with Crippen LogP contribution in [0.3, 0.4) is 0 Å². The number of ether oxygens (including phenoxy) is 1. The minimum Gasteiger partial charge on any atom is -0.394 e. The van der Waals surface area contributed by atoms with Crippen molar-refractivity contribution in [1.29, 1.82) is 0 Å². The molecule has 1 saturated heterocycles. The van der Waals surface area contributed by atoms with E-state index in [1.54, 1.807) is 19.9 Å². The molecule has 1 aliphatic rings. The molecular weight excluding hydrogens is 568 g/mol. The molecule has 2 aromatic carbocycles. The van der Waals surface area contributed by atoms with Crippen LogP contribution < -0.4 is 0 Å². The van der Waals surface area contributed by atoms with Crippen molar-refractivity contribution in [2.75, 3.05) is 6.61 Å². The number of thiazole rings is 1. The average Bonchev–Trinajstić information content (AvgIpc) is 3.66. The molecule has 5 aromatic rings. The molecule has 41 heavy (non-hydrogen) atoms. The van der Waals surface area contributed by atoms with Crippen molar-refractivity contribution in [2.24, 2.45) is 0 Å². The zero-order chi connectivity index (χ0) is 29.2. The summed E-state index contributed by atoms with van der Waals surface area (Å²) < 4.78 is 65.2. The number of rotatable bonds is 5. The van der Waals surface area contributed by atoms with Crippen molar-refractivity contribution in [1.82, 2.24) is 29.5 Å². The van der Waals surface area contributed by atoms with Gasteiger partial charge in [-0.05, 0) is 43.7 Å². The molecule has 0 spiro atoms. The zero-order valence-corrected chi connectivity index (χ0v) is 22.2. The largest absolute Gasteiger partial charge is 0.394 e. The third kappa shape index (κ3) is 4.59. The third-order valence-electron chi connectivity index (χ3n) is 6.92. The SMILES string of the molecule is Cc1nc([C@H]2O[C@@H](CO)[C@@H](O)[C@@H](n3cc(-c4cc(F)c(F)c(F)c4)cn3)[C@@H]2O)n(-c2ccc3nc(C)sc3c2F)n1. The molecule has 5 atom stereocenters. The molecule has 1 aliphatic heterocycles. The Labute approximate surface area is 233 Å². The average molecular weight is 591 g/mol. The smallest absolute Gasteiger partial charge is 0.194 e. The molecule has 0 aliphatic carbocycles. The van der Waals surface area contributed by atoms with Crippen molar-refractivity contribution in [3.8, 4) is 16.8 Å². The fourth-order valence-electron chi connectivity index (χ4n) is 5.02. The predicted molar refractivity (Wildman–Crippen MR) is 137 cm³/mol. The fourth-order valence-corrected chi connectivity index (χ4v) is 5.87. The van der Waals surface area contributed by atoms with Crippen molar-refractivity contribution in [2.45, 2.75) is 44.3 Å². The molecule has 0 unspecified atom stereocenters. The van der Waals surface area contributed by atoms with Gasteiger partial charge in [0.1, 0.15) is 42.0 Å². The second-order valence-electron chi connectivity index (χ2n) is 9.62. The highest BCUT2D eigenvalue weighted by molar-refractivity contribution is 7.18. The molecule has 6 rings (SSSR count). The van der Waals surface area contributed by atoms with Gasteiger partial charge in [0.2, 0.25) is 0 Å². The van der Waals surface area contributed by atoms with Gasteiger partial charge in [0, 0.05) is 11.8 Å². The molecular formula is C26H22F4N6O4S. The Morgan fingerprint density at radius 3 is 2.41 bits per heavy atom. The number of aryl methyl sites for hydroxylation is 2. The van der Waals surface area contributed by atoms with Gasteiger partial charge in [-0.1, -0.05) is 0 Å². The van der Waals surface area contributed by atoms with Crippen LogP contribution >= 0.6 is 11.3 Å². The summed E-state index contributed by atoms with van der Waals surface area (Å²) in [5.41, 5.74) is 0.635. The molecule has 1 fully saturated rings. The monoisotopic (exact) mass is 590 g/mol. The summed E-state index contributed by atoms with van der Waals surface area (Å²) in [6, 6.07) is 3.43. The number of fused-ring (bicyclic) bond motifs is 1. The molecule has 4 heterocycles. The van der Waals surface area contributed by atoms with Gasteiger partial charge in [0.15, 0.2) is 29.1 Å². The molecule has 0 bridgehead atoms. The number of aliphatic hydroxyl groups excluding tert-OH is 3. The van der Waals surface area contributed by atoms with Crippen LogP contribution in [0.2, 0.25) is 0 Å². The van der Waals surface area contributed by atoms with Crippen LogP contribution in [0.4, 0.5) is 17.6 Å². The first-order valence-corrected chi connectivity index (χ1v) is 13.2. The van der Waals surface area contributed by atoms with Crippen LogP contribution in [0.5, 0.6) is 0 Å². The predicted octanol–water partition coefficient (Wildman–Crippen LogP) is 3.31. The maximum absolute atomic E-state index is 15.6. The highest BCUT2D eigenvalue weighted by atomic mass is 32.1. The standard InChI is InChI=1S/C26H22F4N6O4S/c1-10-32-26(36(34-10)17-4-3-16-25(20(17)30)41-11(2)33-16)24-23(39)21(22(38)18(9-37)40-24)35-8-13(7-31-35)12-5-14(27)19(29)15(28)6-12/h3-8,18,21-24,37-39H,9H2,1-2H3/t18-,21+,22+,23-,24-/m0/s1. The first kappa shape index (κ1) is 27.4. The van der Waals surface area contributed by atoms with E-state index in [9.17, 15) is 28.5 Å². The van der Waals surface area contributed by atoms with Crippen molar-refractivity contribution in [3.63, 3.8) is 0 Å². The Bertz CT molecular complexity index is 1750. The number of nitrogens with zero attached hydrogens (tertiary/aromatic N) is 6. The van der Waals surface area contributed by atoms with Crippen LogP contribution in [0.25, 0.3) is 27.0 Å². The summed E-state index contributed by atoms with van der Waals surface area (Å²) in [5.74, 6) is -4.78. The molecule has 3 aromatic heterocycles. The second-order valence-corrected chi connectivity index (χ2v) is 10.8. The lowest BCUT2D eigenvalue weighted by molar-refractivity contribution is -0.210. The van der Waals surface area contributed by atoms with Crippen LogP contribution in [-0.4, -0.2) is 69.8 Å². The van der Waals surface area contributed by atoms with E-state index in [2.05, 4.69) is 20.2 Å². The maximum Gasteiger partial charge on any atom is 0.194 e. The first-order chi connectivity index (χ1) is 19.6. The number of aromatic nitrogens is 6. The van der Waals surface area contributed by atoms with Gasteiger partial charge >= 0.3 is 0 Å².